The Labute approximate surface area is 117 Å². The number of aromatic nitrogens is 2. The van der Waals surface area contributed by atoms with Gasteiger partial charge in [0.1, 0.15) is 23.5 Å². The summed E-state index contributed by atoms with van der Waals surface area (Å²) in [5, 5.41) is 19.2. The molecule has 0 amide bonds. The highest BCUT2D eigenvalue weighted by atomic mass is 16.5. The average Bonchev–Trinajstić information content (AvgIpc) is 2.97. The van der Waals surface area contributed by atoms with E-state index < -0.39 is 0 Å². The third-order valence-electron chi connectivity index (χ3n) is 3.48. The maximum atomic E-state index is 9.07. The molecule has 0 radical (unpaired) electrons. The molecule has 1 aliphatic heterocycles. The highest BCUT2D eigenvalue weighted by Crippen LogP contribution is 2.29. The van der Waals surface area contributed by atoms with Gasteiger partial charge in [0.15, 0.2) is 5.82 Å². The number of aromatic amines is 1. The molecular weight excluding hydrogens is 252 g/mol. The molecule has 5 heteroatoms. The zero-order valence-corrected chi connectivity index (χ0v) is 11.5. The van der Waals surface area contributed by atoms with Gasteiger partial charge in [-0.2, -0.15) is 10.4 Å². The van der Waals surface area contributed by atoms with Crippen LogP contribution in [0.5, 0.6) is 5.75 Å². The van der Waals surface area contributed by atoms with E-state index >= 15 is 0 Å². The van der Waals surface area contributed by atoms with Gasteiger partial charge in [0, 0.05) is 13.0 Å². The van der Waals surface area contributed by atoms with Crippen LogP contribution in [0.15, 0.2) is 18.2 Å². The zero-order valence-electron chi connectivity index (χ0n) is 11.5. The van der Waals surface area contributed by atoms with Gasteiger partial charge in [-0.15, -0.1) is 0 Å². The number of nitrogens with one attached hydrogen (secondary N) is 2. The third-order valence-corrected chi connectivity index (χ3v) is 3.48. The molecule has 3 rings (SSSR count). The Bertz CT molecular complexity index is 684. The van der Waals surface area contributed by atoms with Gasteiger partial charge in [0.2, 0.25) is 0 Å². The molecule has 2 aromatic rings. The number of nitriles is 1. The summed E-state index contributed by atoms with van der Waals surface area (Å²) in [4.78, 5) is 0. The quantitative estimate of drug-likeness (QED) is 0.897. The van der Waals surface area contributed by atoms with Gasteiger partial charge in [0.25, 0.3) is 0 Å². The van der Waals surface area contributed by atoms with Gasteiger partial charge < -0.3 is 10.1 Å². The number of aryl methyl sites for hydroxylation is 1. The summed E-state index contributed by atoms with van der Waals surface area (Å²) in [6, 6.07) is 8.35. The van der Waals surface area contributed by atoms with Crippen LogP contribution in [0.25, 0.3) is 0 Å². The predicted molar refractivity (Wildman–Crippen MR) is 75.6 cm³/mol. The molecule has 1 aromatic heterocycles. The molecule has 1 unspecified atom stereocenters. The lowest BCUT2D eigenvalue weighted by atomic mass is 10.1. The van der Waals surface area contributed by atoms with E-state index in [2.05, 4.69) is 34.6 Å². The molecule has 5 nitrogen and oxygen atoms in total. The molecule has 1 atom stereocenters. The second-order valence-electron chi connectivity index (χ2n) is 5.11. The molecule has 1 aromatic carbocycles. The summed E-state index contributed by atoms with van der Waals surface area (Å²) in [5.74, 6) is 1.59. The fourth-order valence-corrected chi connectivity index (χ4v) is 2.47. The van der Waals surface area contributed by atoms with Crippen molar-refractivity contribution in [1.29, 1.82) is 5.26 Å². The van der Waals surface area contributed by atoms with E-state index in [1.165, 1.54) is 5.56 Å². The van der Waals surface area contributed by atoms with E-state index in [1.807, 2.05) is 19.1 Å². The fraction of sp³-hybridized carbons (Fsp3) is 0.333. The van der Waals surface area contributed by atoms with E-state index in [1.54, 1.807) is 0 Å². The topological polar surface area (TPSA) is 73.7 Å². The zero-order chi connectivity index (χ0) is 14.1. The van der Waals surface area contributed by atoms with Crippen LogP contribution in [0.2, 0.25) is 0 Å². The van der Waals surface area contributed by atoms with Crippen LogP contribution in [0.3, 0.4) is 0 Å². The number of fused-ring (bicyclic) bond motifs is 1. The summed E-state index contributed by atoms with van der Waals surface area (Å²) in [7, 11) is 0. The van der Waals surface area contributed by atoms with Crippen molar-refractivity contribution < 1.29 is 4.74 Å². The van der Waals surface area contributed by atoms with E-state index in [9.17, 15) is 0 Å². The van der Waals surface area contributed by atoms with E-state index in [0.717, 1.165) is 23.4 Å². The highest BCUT2D eigenvalue weighted by molar-refractivity contribution is 5.54. The minimum absolute atomic E-state index is 0.257. The predicted octanol–water partition coefficient (Wildman–Crippen LogP) is 2.53. The SMILES string of the molecule is Cc1[nH]nc(NCc2ccc3c(c2)CC(C)O3)c1C#N. The maximum absolute atomic E-state index is 9.07. The van der Waals surface area contributed by atoms with Crippen molar-refractivity contribution in [2.24, 2.45) is 0 Å². The van der Waals surface area contributed by atoms with Gasteiger partial charge in [-0.3, -0.25) is 5.10 Å². The van der Waals surface area contributed by atoms with Crippen molar-refractivity contribution in [3.05, 3.63) is 40.6 Å². The lowest BCUT2D eigenvalue weighted by Crippen LogP contribution is -2.05. The average molecular weight is 268 g/mol. The molecule has 2 heterocycles. The lowest BCUT2D eigenvalue weighted by molar-refractivity contribution is 0.254. The number of hydrogen-bond acceptors (Lipinski definition) is 4. The van der Waals surface area contributed by atoms with Crippen LogP contribution in [-0.2, 0) is 13.0 Å². The summed E-state index contributed by atoms with van der Waals surface area (Å²) in [6.07, 6.45) is 1.21. The molecule has 2 N–H and O–H groups in total. The van der Waals surface area contributed by atoms with Gasteiger partial charge in [-0.25, -0.2) is 0 Å². The Morgan fingerprint density at radius 2 is 2.40 bits per heavy atom. The summed E-state index contributed by atoms with van der Waals surface area (Å²) < 4.78 is 5.68. The van der Waals surface area contributed by atoms with Crippen molar-refractivity contribution in [3.8, 4) is 11.8 Å². The van der Waals surface area contributed by atoms with Gasteiger partial charge in [-0.05, 0) is 31.0 Å². The Morgan fingerprint density at radius 3 is 3.20 bits per heavy atom. The first-order chi connectivity index (χ1) is 9.67. The molecule has 0 saturated carbocycles. The smallest absolute Gasteiger partial charge is 0.166 e. The number of anilines is 1. The number of nitrogens with zero attached hydrogens (tertiary/aromatic N) is 2. The lowest BCUT2D eigenvalue weighted by Gasteiger charge is -2.06. The molecule has 0 fully saturated rings. The number of rotatable bonds is 3. The number of hydrogen-bond donors (Lipinski definition) is 2. The third kappa shape index (κ3) is 2.21. The molecule has 0 spiro atoms. The second kappa shape index (κ2) is 4.89. The number of benzene rings is 1. The van der Waals surface area contributed by atoms with Crippen molar-refractivity contribution in [2.45, 2.75) is 32.9 Å². The van der Waals surface area contributed by atoms with Crippen molar-refractivity contribution in [3.63, 3.8) is 0 Å². The van der Waals surface area contributed by atoms with Crippen LogP contribution >= 0.6 is 0 Å². The summed E-state index contributed by atoms with van der Waals surface area (Å²) in [6.45, 7) is 4.55. The Hall–Kier alpha value is -2.48. The van der Waals surface area contributed by atoms with Crippen LogP contribution in [0.1, 0.15) is 29.3 Å². The monoisotopic (exact) mass is 268 g/mol. The number of H-pyrrole nitrogens is 1. The first-order valence-electron chi connectivity index (χ1n) is 6.64. The molecular formula is C15H16N4O. The van der Waals surface area contributed by atoms with Crippen LogP contribution in [0, 0.1) is 18.3 Å². The minimum atomic E-state index is 0.257. The van der Waals surface area contributed by atoms with Crippen molar-refractivity contribution in [1.82, 2.24) is 10.2 Å². The van der Waals surface area contributed by atoms with Crippen molar-refractivity contribution in [2.75, 3.05) is 5.32 Å². The van der Waals surface area contributed by atoms with E-state index in [-0.39, 0.29) is 6.10 Å². The van der Waals surface area contributed by atoms with Crippen LogP contribution in [0.4, 0.5) is 5.82 Å². The molecule has 0 bridgehead atoms. The summed E-state index contributed by atoms with van der Waals surface area (Å²) in [5.41, 5.74) is 3.76. The van der Waals surface area contributed by atoms with Gasteiger partial charge in [0.05, 0.1) is 5.69 Å². The van der Waals surface area contributed by atoms with Crippen LogP contribution in [-0.4, -0.2) is 16.3 Å². The Morgan fingerprint density at radius 1 is 1.55 bits per heavy atom. The molecule has 0 saturated heterocycles. The first kappa shape index (κ1) is 12.5. The highest BCUT2D eigenvalue weighted by Gasteiger charge is 2.18. The molecule has 0 aliphatic carbocycles. The fourth-order valence-electron chi connectivity index (χ4n) is 2.47. The van der Waals surface area contributed by atoms with E-state index in [4.69, 9.17) is 10.00 Å². The normalized spacial score (nSPS) is 16.4. The van der Waals surface area contributed by atoms with Gasteiger partial charge in [-0.1, -0.05) is 12.1 Å². The van der Waals surface area contributed by atoms with Gasteiger partial charge >= 0.3 is 0 Å². The number of ether oxygens (including phenoxy) is 1. The summed E-state index contributed by atoms with van der Waals surface area (Å²) >= 11 is 0. The molecule has 20 heavy (non-hydrogen) atoms. The Balaban J connectivity index is 1.73. The second-order valence-corrected chi connectivity index (χ2v) is 5.11. The standard InChI is InChI=1S/C15H16N4O/c1-9-5-12-6-11(3-4-14(12)20-9)8-17-15-13(7-16)10(2)18-19-15/h3-4,6,9H,5,8H2,1-2H3,(H2,17,18,19). The minimum Gasteiger partial charge on any atom is -0.490 e. The van der Waals surface area contributed by atoms with Crippen molar-refractivity contribution >= 4 is 5.82 Å². The maximum Gasteiger partial charge on any atom is 0.166 e. The Kier molecular flexibility index (Phi) is 3.07. The first-order valence-corrected chi connectivity index (χ1v) is 6.64. The molecule has 102 valence electrons. The molecule has 1 aliphatic rings. The van der Waals surface area contributed by atoms with Crippen LogP contribution < -0.4 is 10.1 Å². The van der Waals surface area contributed by atoms with E-state index in [0.29, 0.717) is 17.9 Å². The largest absolute Gasteiger partial charge is 0.490 e.